The molecule has 7 heteroatoms. The molecule has 0 unspecified atom stereocenters. The number of carbonyl (C=O) groups is 2. The number of H-pyrrole nitrogens is 1. The van der Waals surface area contributed by atoms with Crippen LogP contribution in [0.4, 0.5) is 11.4 Å². The van der Waals surface area contributed by atoms with Crippen LogP contribution in [0.25, 0.3) is 10.9 Å². The van der Waals surface area contributed by atoms with E-state index in [-0.39, 0.29) is 5.91 Å². The maximum atomic E-state index is 12.9. The molecule has 3 aromatic rings. The van der Waals surface area contributed by atoms with E-state index in [1.165, 1.54) is 6.42 Å². The zero-order valence-corrected chi connectivity index (χ0v) is 14.9. The number of nitrogens with one attached hydrogen (secondary N) is 2. The number of nitrogens with two attached hydrogens (primary N) is 1. The normalized spacial score (nSPS) is 14.3. The fourth-order valence-electron chi connectivity index (χ4n) is 3.55. The van der Waals surface area contributed by atoms with Crippen molar-refractivity contribution in [2.24, 2.45) is 5.73 Å². The molecule has 1 saturated heterocycles. The highest BCUT2D eigenvalue weighted by molar-refractivity contribution is 6.13. The van der Waals surface area contributed by atoms with Crippen LogP contribution in [-0.2, 0) is 0 Å². The van der Waals surface area contributed by atoms with Crippen molar-refractivity contribution in [1.82, 2.24) is 10.2 Å². The van der Waals surface area contributed by atoms with E-state index in [0.717, 1.165) is 37.0 Å². The van der Waals surface area contributed by atoms with Gasteiger partial charge in [0.1, 0.15) is 0 Å². The molecule has 2 heterocycles. The molecule has 27 heavy (non-hydrogen) atoms. The summed E-state index contributed by atoms with van der Waals surface area (Å²) in [4.78, 5) is 26.8. The van der Waals surface area contributed by atoms with Crippen LogP contribution in [0.2, 0.25) is 0 Å². The third-order valence-corrected chi connectivity index (χ3v) is 4.95. The number of para-hydroxylation sites is 1. The Labute approximate surface area is 156 Å². The zero-order chi connectivity index (χ0) is 18.8. The largest absolute Gasteiger partial charge is 0.370 e. The number of fused-ring (bicyclic) bond motifs is 1. The maximum Gasteiger partial charge on any atom is 0.257 e. The summed E-state index contributed by atoms with van der Waals surface area (Å²) in [6, 6.07) is 10.7. The molecule has 4 N–H and O–H groups in total. The van der Waals surface area contributed by atoms with Gasteiger partial charge in [-0.15, -0.1) is 0 Å². The lowest BCUT2D eigenvalue weighted by Gasteiger charge is -2.30. The van der Waals surface area contributed by atoms with Gasteiger partial charge in [-0.05, 0) is 43.5 Å². The minimum Gasteiger partial charge on any atom is -0.370 e. The summed E-state index contributed by atoms with van der Waals surface area (Å²) in [6.07, 6.45) is 5.11. The quantitative estimate of drug-likeness (QED) is 0.663. The number of nitrogens with zero attached hydrogens (tertiary/aromatic N) is 2. The summed E-state index contributed by atoms with van der Waals surface area (Å²) in [5, 5.41) is 10.7. The number of aromatic amines is 1. The molecule has 0 saturated carbocycles. The van der Waals surface area contributed by atoms with E-state index in [2.05, 4.69) is 20.4 Å². The first-order valence-corrected chi connectivity index (χ1v) is 9.06. The Balaban J connectivity index is 1.70. The number of hydrogen-bond acceptors (Lipinski definition) is 4. The molecule has 0 aliphatic carbocycles. The summed E-state index contributed by atoms with van der Waals surface area (Å²) in [5.74, 6) is -0.781. The number of hydrogen-bond donors (Lipinski definition) is 3. The van der Waals surface area contributed by atoms with Gasteiger partial charge in [0.05, 0.1) is 28.7 Å². The second kappa shape index (κ2) is 7.11. The molecule has 1 aliphatic heterocycles. The zero-order valence-electron chi connectivity index (χ0n) is 14.9. The van der Waals surface area contributed by atoms with Crippen LogP contribution in [0.15, 0.2) is 42.6 Å². The number of carbonyl (C=O) groups excluding carboxylic acids is 2. The lowest BCUT2D eigenvalue weighted by Crippen LogP contribution is -2.30. The minimum atomic E-state index is -0.522. The van der Waals surface area contributed by atoms with E-state index in [1.54, 1.807) is 24.4 Å². The van der Waals surface area contributed by atoms with Crippen molar-refractivity contribution in [3.05, 3.63) is 53.7 Å². The molecule has 2 aromatic carbocycles. The van der Waals surface area contributed by atoms with Gasteiger partial charge in [0, 0.05) is 24.0 Å². The fourth-order valence-corrected chi connectivity index (χ4v) is 3.55. The van der Waals surface area contributed by atoms with Gasteiger partial charge < -0.3 is 16.0 Å². The van der Waals surface area contributed by atoms with Gasteiger partial charge in [-0.1, -0.05) is 12.1 Å². The monoisotopic (exact) mass is 363 g/mol. The van der Waals surface area contributed by atoms with Gasteiger partial charge in [-0.2, -0.15) is 5.10 Å². The van der Waals surface area contributed by atoms with Crippen molar-refractivity contribution < 1.29 is 9.59 Å². The van der Waals surface area contributed by atoms with Gasteiger partial charge in [0.25, 0.3) is 5.91 Å². The second-order valence-electron chi connectivity index (χ2n) is 6.74. The van der Waals surface area contributed by atoms with Crippen LogP contribution in [0.1, 0.15) is 40.0 Å². The lowest BCUT2D eigenvalue weighted by molar-refractivity contribution is 0.0996. The van der Waals surface area contributed by atoms with Crippen molar-refractivity contribution in [3.8, 4) is 0 Å². The summed E-state index contributed by atoms with van der Waals surface area (Å²) in [6.45, 7) is 1.85. The van der Waals surface area contributed by atoms with Crippen molar-refractivity contribution >= 4 is 34.1 Å². The highest BCUT2D eigenvalue weighted by atomic mass is 16.2. The fraction of sp³-hybridized carbons (Fsp3) is 0.250. The molecule has 0 bridgehead atoms. The number of primary amides is 1. The van der Waals surface area contributed by atoms with E-state index in [4.69, 9.17) is 5.73 Å². The van der Waals surface area contributed by atoms with E-state index in [1.807, 2.05) is 18.2 Å². The molecule has 0 spiro atoms. The number of rotatable bonds is 4. The molecular formula is C20H21N5O2. The topological polar surface area (TPSA) is 104 Å². The Morgan fingerprint density at radius 2 is 1.93 bits per heavy atom. The van der Waals surface area contributed by atoms with E-state index < -0.39 is 5.91 Å². The molecule has 0 atom stereocenters. The van der Waals surface area contributed by atoms with Crippen molar-refractivity contribution in [1.29, 1.82) is 0 Å². The highest BCUT2D eigenvalue weighted by Gasteiger charge is 2.19. The summed E-state index contributed by atoms with van der Waals surface area (Å²) in [7, 11) is 0. The van der Waals surface area contributed by atoms with E-state index in [0.29, 0.717) is 22.3 Å². The van der Waals surface area contributed by atoms with Crippen LogP contribution >= 0.6 is 0 Å². The standard InChI is InChI=1S/C20H21N5O2/c21-19(26)13-7-8-17(25-9-2-1-3-10-25)16(11-13)23-20(27)15-6-4-5-14-12-22-24-18(14)15/h4-8,11-12H,1-3,9-10H2,(H2,21,26)(H,22,24)(H,23,27). The van der Waals surface area contributed by atoms with Crippen LogP contribution in [0.3, 0.4) is 0 Å². The molecular weight excluding hydrogens is 342 g/mol. The third kappa shape index (κ3) is 3.36. The average Bonchev–Trinajstić information content (AvgIpc) is 3.17. The first-order valence-electron chi connectivity index (χ1n) is 9.06. The number of aromatic nitrogens is 2. The Bertz CT molecular complexity index is 1000. The predicted molar refractivity (Wildman–Crippen MR) is 105 cm³/mol. The van der Waals surface area contributed by atoms with Crippen LogP contribution in [-0.4, -0.2) is 35.1 Å². The SMILES string of the molecule is NC(=O)c1ccc(N2CCCCC2)c(NC(=O)c2cccc3cn[nH]c23)c1. The number of anilines is 2. The number of benzene rings is 2. The Morgan fingerprint density at radius 3 is 2.70 bits per heavy atom. The lowest BCUT2D eigenvalue weighted by atomic mass is 10.1. The van der Waals surface area contributed by atoms with Gasteiger partial charge >= 0.3 is 0 Å². The van der Waals surface area contributed by atoms with Crippen molar-refractivity contribution in [2.75, 3.05) is 23.3 Å². The molecule has 7 nitrogen and oxygen atoms in total. The smallest absolute Gasteiger partial charge is 0.257 e. The minimum absolute atomic E-state index is 0.260. The average molecular weight is 363 g/mol. The van der Waals surface area contributed by atoms with Gasteiger partial charge in [0.2, 0.25) is 5.91 Å². The molecule has 138 valence electrons. The van der Waals surface area contributed by atoms with Gasteiger partial charge in [-0.3, -0.25) is 14.7 Å². The van der Waals surface area contributed by atoms with Crippen molar-refractivity contribution in [3.63, 3.8) is 0 Å². The van der Waals surface area contributed by atoms with E-state index in [9.17, 15) is 9.59 Å². The molecule has 2 amide bonds. The molecule has 1 fully saturated rings. The maximum absolute atomic E-state index is 12.9. The molecule has 0 radical (unpaired) electrons. The summed E-state index contributed by atoms with van der Waals surface area (Å²) in [5.41, 5.74) is 8.48. The van der Waals surface area contributed by atoms with E-state index >= 15 is 0 Å². The molecule has 1 aliphatic rings. The van der Waals surface area contributed by atoms with Crippen LogP contribution < -0.4 is 16.0 Å². The molecule has 4 rings (SSSR count). The summed E-state index contributed by atoms with van der Waals surface area (Å²) >= 11 is 0. The van der Waals surface area contributed by atoms with Gasteiger partial charge in [-0.25, -0.2) is 0 Å². The second-order valence-corrected chi connectivity index (χ2v) is 6.74. The predicted octanol–water partition coefficient (Wildman–Crippen LogP) is 2.90. The van der Waals surface area contributed by atoms with Gasteiger partial charge in [0.15, 0.2) is 0 Å². The summed E-state index contributed by atoms with van der Waals surface area (Å²) < 4.78 is 0. The molecule has 1 aromatic heterocycles. The highest BCUT2D eigenvalue weighted by Crippen LogP contribution is 2.30. The van der Waals surface area contributed by atoms with Crippen molar-refractivity contribution in [2.45, 2.75) is 19.3 Å². The Kier molecular flexibility index (Phi) is 4.50. The first-order chi connectivity index (χ1) is 13.1. The first kappa shape index (κ1) is 17.1. The number of piperidine rings is 1. The Hall–Kier alpha value is -3.35. The number of amides is 2. The third-order valence-electron chi connectivity index (χ3n) is 4.95. The Morgan fingerprint density at radius 1 is 1.11 bits per heavy atom. The van der Waals surface area contributed by atoms with Crippen LogP contribution in [0.5, 0.6) is 0 Å². The van der Waals surface area contributed by atoms with Crippen LogP contribution in [0, 0.1) is 0 Å².